The first-order valence-electron chi connectivity index (χ1n) is 7.54. The summed E-state index contributed by atoms with van der Waals surface area (Å²) in [5.74, 6) is -0.175. The summed E-state index contributed by atoms with van der Waals surface area (Å²) in [7, 11) is 0. The third-order valence-electron chi connectivity index (χ3n) is 3.82. The van der Waals surface area contributed by atoms with Gasteiger partial charge in [-0.3, -0.25) is 0 Å². The normalized spacial score (nSPS) is 17.5. The molecule has 1 aromatic rings. The van der Waals surface area contributed by atoms with Crippen molar-refractivity contribution >= 4 is 0 Å². The summed E-state index contributed by atoms with van der Waals surface area (Å²) in [5.41, 5.74) is 6.87. The van der Waals surface area contributed by atoms with Gasteiger partial charge < -0.3 is 15.4 Å². The fourth-order valence-corrected chi connectivity index (χ4v) is 2.55. The quantitative estimate of drug-likeness (QED) is 0.778. The van der Waals surface area contributed by atoms with E-state index in [-0.39, 0.29) is 5.82 Å². The van der Waals surface area contributed by atoms with Crippen molar-refractivity contribution in [2.24, 2.45) is 5.73 Å². The number of ether oxygens (including phenoxy) is 1. The first-order chi connectivity index (χ1) is 9.74. The Labute approximate surface area is 120 Å². The second kappa shape index (κ2) is 8.35. The molecule has 0 aromatic heterocycles. The first kappa shape index (κ1) is 15.4. The molecule has 0 unspecified atom stereocenters. The minimum absolute atomic E-state index is 0.175. The van der Waals surface area contributed by atoms with Crippen molar-refractivity contribution in [2.45, 2.75) is 31.7 Å². The molecule has 112 valence electrons. The smallest absolute Gasteiger partial charge is 0.123 e. The molecule has 0 saturated carbocycles. The molecule has 2 N–H and O–H groups in total. The minimum atomic E-state index is -0.175. The third kappa shape index (κ3) is 5.57. The molecule has 2 rings (SSSR count). The maximum atomic E-state index is 13.0. The van der Waals surface area contributed by atoms with Gasteiger partial charge in [0, 0.05) is 19.2 Å². The number of halogens is 1. The van der Waals surface area contributed by atoms with Crippen LogP contribution in [0.2, 0.25) is 0 Å². The molecule has 1 aromatic carbocycles. The maximum Gasteiger partial charge on any atom is 0.123 e. The standard InChI is InChI=1S/C16H25FN2O/c17-15-4-1-3-14(13-15)7-12-20-11-2-8-19-9-5-16(18)6-10-19/h1,3-4,13,16H,2,5-12,18H2. The summed E-state index contributed by atoms with van der Waals surface area (Å²) in [6.07, 6.45) is 4.05. The van der Waals surface area contributed by atoms with Crippen molar-refractivity contribution in [3.05, 3.63) is 35.6 Å². The second-order valence-corrected chi connectivity index (χ2v) is 5.52. The molecular formula is C16H25FN2O. The summed E-state index contributed by atoms with van der Waals surface area (Å²) in [5, 5.41) is 0. The monoisotopic (exact) mass is 280 g/mol. The average Bonchev–Trinajstić information content (AvgIpc) is 2.45. The number of hydrogen-bond donors (Lipinski definition) is 1. The highest BCUT2D eigenvalue weighted by Gasteiger charge is 2.14. The van der Waals surface area contributed by atoms with E-state index in [1.807, 2.05) is 6.07 Å². The van der Waals surface area contributed by atoms with Crippen LogP contribution >= 0.6 is 0 Å². The fourth-order valence-electron chi connectivity index (χ4n) is 2.55. The second-order valence-electron chi connectivity index (χ2n) is 5.52. The topological polar surface area (TPSA) is 38.5 Å². The molecule has 0 aliphatic carbocycles. The van der Waals surface area contributed by atoms with Gasteiger partial charge in [0.2, 0.25) is 0 Å². The van der Waals surface area contributed by atoms with Crippen molar-refractivity contribution in [3.8, 4) is 0 Å². The first-order valence-corrected chi connectivity index (χ1v) is 7.54. The summed E-state index contributed by atoms with van der Waals surface area (Å²) in [4.78, 5) is 2.46. The zero-order valence-corrected chi connectivity index (χ0v) is 12.1. The van der Waals surface area contributed by atoms with Crippen LogP contribution in [0, 0.1) is 5.82 Å². The number of hydrogen-bond acceptors (Lipinski definition) is 3. The van der Waals surface area contributed by atoms with Crippen molar-refractivity contribution in [1.29, 1.82) is 0 Å². The van der Waals surface area contributed by atoms with Crippen LogP contribution in [0.4, 0.5) is 4.39 Å². The molecule has 1 aliphatic heterocycles. The molecule has 20 heavy (non-hydrogen) atoms. The lowest BCUT2D eigenvalue weighted by molar-refractivity contribution is 0.117. The molecule has 1 fully saturated rings. The largest absolute Gasteiger partial charge is 0.381 e. The van der Waals surface area contributed by atoms with Gasteiger partial charge in [-0.05, 0) is 56.5 Å². The van der Waals surface area contributed by atoms with E-state index in [0.717, 1.165) is 57.5 Å². The van der Waals surface area contributed by atoms with Crippen molar-refractivity contribution in [1.82, 2.24) is 4.90 Å². The Bertz CT molecular complexity index is 392. The van der Waals surface area contributed by atoms with Gasteiger partial charge in [0.05, 0.1) is 6.61 Å². The highest BCUT2D eigenvalue weighted by molar-refractivity contribution is 5.16. The van der Waals surface area contributed by atoms with E-state index in [0.29, 0.717) is 12.6 Å². The van der Waals surface area contributed by atoms with Crippen LogP contribution in [0.3, 0.4) is 0 Å². The van der Waals surface area contributed by atoms with E-state index in [1.54, 1.807) is 12.1 Å². The molecule has 1 heterocycles. The lowest BCUT2D eigenvalue weighted by atomic mass is 10.1. The van der Waals surface area contributed by atoms with Gasteiger partial charge in [-0.2, -0.15) is 0 Å². The van der Waals surface area contributed by atoms with Gasteiger partial charge in [-0.25, -0.2) is 4.39 Å². The molecule has 4 heteroatoms. The van der Waals surface area contributed by atoms with Crippen LogP contribution in [-0.2, 0) is 11.2 Å². The zero-order valence-electron chi connectivity index (χ0n) is 12.1. The number of benzene rings is 1. The number of rotatable bonds is 7. The summed E-state index contributed by atoms with van der Waals surface area (Å²) < 4.78 is 18.6. The third-order valence-corrected chi connectivity index (χ3v) is 3.82. The van der Waals surface area contributed by atoms with Crippen LogP contribution in [-0.4, -0.2) is 43.8 Å². The van der Waals surface area contributed by atoms with Crippen LogP contribution < -0.4 is 5.73 Å². The Morgan fingerprint density at radius 1 is 1.25 bits per heavy atom. The molecule has 0 bridgehead atoms. The van der Waals surface area contributed by atoms with Crippen molar-refractivity contribution < 1.29 is 9.13 Å². The number of nitrogens with zero attached hydrogens (tertiary/aromatic N) is 1. The highest BCUT2D eigenvalue weighted by atomic mass is 19.1. The number of likely N-dealkylation sites (tertiary alicyclic amines) is 1. The molecular weight excluding hydrogens is 255 g/mol. The molecule has 0 radical (unpaired) electrons. The number of nitrogens with two attached hydrogens (primary N) is 1. The maximum absolute atomic E-state index is 13.0. The Hall–Kier alpha value is -0.970. The molecule has 0 amide bonds. The van der Waals surface area contributed by atoms with E-state index >= 15 is 0 Å². The fraction of sp³-hybridized carbons (Fsp3) is 0.625. The van der Waals surface area contributed by atoms with E-state index in [2.05, 4.69) is 4.90 Å². The minimum Gasteiger partial charge on any atom is -0.381 e. The molecule has 0 spiro atoms. The Morgan fingerprint density at radius 3 is 2.80 bits per heavy atom. The predicted molar refractivity (Wildman–Crippen MR) is 79.2 cm³/mol. The SMILES string of the molecule is NC1CCN(CCCOCCc2cccc(F)c2)CC1. The molecule has 0 atom stereocenters. The average molecular weight is 280 g/mol. The van der Waals surface area contributed by atoms with E-state index in [9.17, 15) is 4.39 Å². The summed E-state index contributed by atoms with van der Waals surface area (Å²) >= 11 is 0. The molecule has 1 saturated heterocycles. The molecule has 3 nitrogen and oxygen atoms in total. The van der Waals surface area contributed by atoms with Gasteiger partial charge in [0.25, 0.3) is 0 Å². The van der Waals surface area contributed by atoms with Gasteiger partial charge in [-0.15, -0.1) is 0 Å². The summed E-state index contributed by atoms with van der Waals surface area (Å²) in [6, 6.07) is 7.11. The Balaban J connectivity index is 1.49. The van der Waals surface area contributed by atoms with Crippen molar-refractivity contribution in [3.63, 3.8) is 0 Å². The van der Waals surface area contributed by atoms with Gasteiger partial charge in [-0.1, -0.05) is 12.1 Å². The lowest BCUT2D eigenvalue weighted by Crippen LogP contribution is -2.40. The van der Waals surface area contributed by atoms with Gasteiger partial charge in [0.15, 0.2) is 0 Å². The highest BCUT2D eigenvalue weighted by Crippen LogP contribution is 2.08. The van der Waals surface area contributed by atoms with Crippen LogP contribution in [0.15, 0.2) is 24.3 Å². The van der Waals surface area contributed by atoms with E-state index in [1.165, 1.54) is 6.07 Å². The zero-order chi connectivity index (χ0) is 14.2. The lowest BCUT2D eigenvalue weighted by Gasteiger charge is -2.29. The predicted octanol–water partition coefficient (Wildman–Crippen LogP) is 2.20. The van der Waals surface area contributed by atoms with Gasteiger partial charge >= 0.3 is 0 Å². The Kier molecular flexibility index (Phi) is 6.43. The van der Waals surface area contributed by atoms with E-state index < -0.39 is 0 Å². The van der Waals surface area contributed by atoms with Gasteiger partial charge in [0.1, 0.15) is 5.82 Å². The molecule has 1 aliphatic rings. The van der Waals surface area contributed by atoms with E-state index in [4.69, 9.17) is 10.5 Å². The van der Waals surface area contributed by atoms with Crippen LogP contribution in [0.1, 0.15) is 24.8 Å². The van der Waals surface area contributed by atoms with Crippen molar-refractivity contribution in [2.75, 3.05) is 32.8 Å². The number of piperidine rings is 1. The summed E-state index contributed by atoms with van der Waals surface area (Å²) in [6.45, 7) is 4.76. The van der Waals surface area contributed by atoms with Crippen LogP contribution in [0.5, 0.6) is 0 Å². The Morgan fingerprint density at radius 2 is 2.05 bits per heavy atom. The van der Waals surface area contributed by atoms with Crippen LogP contribution in [0.25, 0.3) is 0 Å².